The van der Waals surface area contributed by atoms with E-state index in [0.717, 1.165) is 6.07 Å². The molecule has 90 valence electrons. The fourth-order valence-corrected chi connectivity index (χ4v) is 1.62. The maximum absolute atomic E-state index is 13.4. The van der Waals surface area contributed by atoms with E-state index in [2.05, 4.69) is 20.8 Å². The van der Waals surface area contributed by atoms with Crippen molar-refractivity contribution < 1.29 is 8.78 Å². The molecule has 0 heterocycles. The molecular weight excluding hydrogens is 208 g/mol. The maximum atomic E-state index is 13.4. The quantitative estimate of drug-likeness (QED) is 0.840. The molecule has 16 heavy (non-hydrogen) atoms. The van der Waals surface area contributed by atoms with E-state index in [9.17, 15) is 8.78 Å². The molecule has 0 amide bonds. The summed E-state index contributed by atoms with van der Waals surface area (Å²) < 4.78 is 26.1. The summed E-state index contributed by atoms with van der Waals surface area (Å²) in [5.41, 5.74) is 6.48. The Morgan fingerprint density at radius 3 is 2.31 bits per heavy atom. The van der Waals surface area contributed by atoms with E-state index in [1.165, 1.54) is 12.1 Å². The highest BCUT2D eigenvalue weighted by Crippen LogP contribution is 2.18. The Hall–Kier alpha value is -0.960. The second-order valence-corrected chi connectivity index (χ2v) is 4.71. The summed E-state index contributed by atoms with van der Waals surface area (Å²) in [6.07, 6.45) is 0.450. The summed E-state index contributed by atoms with van der Waals surface area (Å²) in [5, 5.41) is 0. The van der Waals surface area contributed by atoms with Crippen molar-refractivity contribution in [3.8, 4) is 0 Å². The van der Waals surface area contributed by atoms with Crippen molar-refractivity contribution in [3.63, 3.8) is 0 Å². The zero-order valence-electron chi connectivity index (χ0n) is 10.0. The highest BCUT2D eigenvalue weighted by molar-refractivity contribution is 5.19. The van der Waals surface area contributed by atoms with E-state index in [1.54, 1.807) is 0 Å². The largest absolute Gasteiger partial charge is 0.327 e. The van der Waals surface area contributed by atoms with Crippen molar-refractivity contribution in [1.82, 2.24) is 0 Å². The highest BCUT2D eigenvalue weighted by Gasteiger charge is 2.18. The van der Waals surface area contributed by atoms with Crippen LogP contribution in [0.3, 0.4) is 0 Å². The summed E-state index contributed by atoms with van der Waals surface area (Å²) in [6, 6.07) is 3.55. The van der Waals surface area contributed by atoms with Gasteiger partial charge in [-0.25, -0.2) is 8.78 Å². The van der Waals surface area contributed by atoms with Crippen LogP contribution in [0.4, 0.5) is 8.78 Å². The van der Waals surface area contributed by atoms with Crippen LogP contribution in [0.5, 0.6) is 0 Å². The van der Waals surface area contributed by atoms with E-state index in [-0.39, 0.29) is 6.04 Å². The van der Waals surface area contributed by atoms with Gasteiger partial charge in [0.05, 0.1) is 0 Å². The van der Waals surface area contributed by atoms with Gasteiger partial charge < -0.3 is 5.73 Å². The summed E-state index contributed by atoms with van der Waals surface area (Å²) in [4.78, 5) is 0. The molecule has 0 bridgehead atoms. The molecule has 0 aliphatic carbocycles. The van der Waals surface area contributed by atoms with Gasteiger partial charge in [-0.2, -0.15) is 0 Å². The van der Waals surface area contributed by atoms with Crippen molar-refractivity contribution in [1.29, 1.82) is 0 Å². The van der Waals surface area contributed by atoms with Crippen molar-refractivity contribution in [2.45, 2.75) is 33.2 Å². The molecule has 0 aliphatic rings. The van der Waals surface area contributed by atoms with Crippen LogP contribution in [0.15, 0.2) is 18.2 Å². The van der Waals surface area contributed by atoms with Gasteiger partial charge in [-0.1, -0.05) is 26.8 Å². The van der Waals surface area contributed by atoms with E-state index in [1.807, 2.05) is 0 Å². The van der Waals surface area contributed by atoms with Crippen LogP contribution in [0.25, 0.3) is 0 Å². The highest BCUT2D eigenvalue weighted by atomic mass is 19.1. The normalized spacial score (nSPS) is 15.2. The minimum Gasteiger partial charge on any atom is -0.327 e. The van der Waals surface area contributed by atoms with Crippen LogP contribution in [0.1, 0.15) is 26.3 Å². The summed E-state index contributed by atoms with van der Waals surface area (Å²) in [6.45, 7) is 6.23. The van der Waals surface area contributed by atoms with Crippen molar-refractivity contribution >= 4 is 0 Å². The molecule has 3 heteroatoms. The third-order valence-electron chi connectivity index (χ3n) is 3.20. The topological polar surface area (TPSA) is 26.0 Å². The van der Waals surface area contributed by atoms with Gasteiger partial charge in [0.25, 0.3) is 0 Å². The van der Waals surface area contributed by atoms with E-state index < -0.39 is 11.6 Å². The zero-order valence-corrected chi connectivity index (χ0v) is 10.0. The fraction of sp³-hybridized carbons (Fsp3) is 0.538. The zero-order chi connectivity index (χ0) is 12.3. The van der Waals surface area contributed by atoms with Crippen LogP contribution >= 0.6 is 0 Å². The average molecular weight is 227 g/mol. The maximum Gasteiger partial charge on any atom is 0.129 e. The predicted octanol–water partition coefficient (Wildman–Crippen LogP) is 3.13. The third-order valence-corrected chi connectivity index (χ3v) is 3.20. The fourth-order valence-electron chi connectivity index (χ4n) is 1.62. The molecule has 0 radical (unpaired) electrons. The van der Waals surface area contributed by atoms with Gasteiger partial charge in [0.15, 0.2) is 0 Å². The number of rotatable bonds is 4. The first-order valence-electron chi connectivity index (χ1n) is 5.61. The van der Waals surface area contributed by atoms with E-state index >= 15 is 0 Å². The third kappa shape index (κ3) is 3.27. The van der Waals surface area contributed by atoms with Crippen molar-refractivity contribution in [2.24, 2.45) is 17.6 Å². The lowest BCUT2D eigenvalue weighted by molar-refractivity contribution is 0.342. The monoisotopic (exact) mass is 227 g/mol. The SMILES string of the molecule is CC(C)C(C)C(N)Cc1ccc(F)cc1F. The van der Waals surface area contributed by atoms with Crippen LogP contribution in [-0.2, 0) is 6.42 Å². The van der Waals surface area contributed by atoms with Gasteiger partial charge >= 0.3 is 0 Å². The number of benzene rings is 1. The lowest BCUT2D eigenvalue weighted by Gasteiger charge is -2.23. The molecule has 0 aromatic heterocycles. The molecule has 1 aromatic rings. The smallest absolute Gasteiger partial charge is 0.129 e. The van der Waals surface area contributed by atoms with Crippen LogP contribution in [-0.4, -0.2) is 6.04 Å². The van der Waals surface area contributed by atoms with Crippen molar-refractivity contribution in [3.05, 3.63) is 35.4 Å². The number of nitrogens with two attached hydrogens (primary N) is 1. The summed E-state index contributed by atoms with van der Waals surface area (Å²) in [5.74, 6) is -0.291. The first-order chi connectivity index (χ1) is 7.41. The lowest BCUT2D eigenvalue weighted by Crippen LogP contribution is -2.33. The van der Waals surface area contributed by atoms with Gasteiger partial charge in [0.1, 0.15) is 11.6 Å². The van der Waals surface area contributed by atoms with E-state index in [4.69, 9.17) is 5.73 Å². The predicted molar refractivity (Wildman–Crippen MR) is 62.0 cm³/mol. The minimum absolute atomic E-state index is 0.0973. The Balaban J connectivity index is 2.73. The molecule has 2 atom stereocenters. The van der Waals surface area contributed by atoms with Gasteiger partial charge in [0.2, 0.25) is 0 Å². The standard InChI is InChI=1S/C13H19F2N/c1-8(2)9(3)13(16)6-10-4-5-11(14)7-12(10)15/h4-5,7-9,13H,6,16H2,1-3H3. The molecule has 0 saturated carbocycles. The van der Waals surface area contributed by atoms with Crippen LogP contribution < -0.4 is 5.73 Å². The number of halogens is 2. The Kier molecular flexibility index (Phi) is 4.42. The summed E-state index contributed by atoms with van der Waals surface area (Å²) >= 11 is 0. The lowest BCUT2D eigenvalue weighted by atomic mass is 9.87. The molecule has 1 aromatic carbocycles. The first kappa shape index (κ1) is 13.1. The molecule has 0 fully saturated rings. The number of hydrogen-bond acceptors (Lipinski definition) is 1. The van der Waals surface area contributed by atoms with Crippen LogP contribution in [0, 0.1) is 23.5 Å². The molecule has 2 N–H and O–H groups in total. The van der Waals surface area contributed by atoms with Crippen molar-refractivity contribution in [2.75, 3.05) is 0 Å². The summed E-state index contributed by atoms with van der Waals surface area (Å²) in [7, 11) is 0. The molecule has 1 nitrogen and oxygen atoms in total. The first-order valence-corrected chi connectivity index (χ1v) is 5.61. The van der Waals surface area contributed by atoms with E-state index in [0.29, 0.717) is 23.8 Å². The Bertz CT molecular complexity index is 350. The van der Waals surface area contributed by atoms with Gasteiger partial charge in [0, 0.05) is 12.1 Å². The van der Waals surface area contributed by atoms with Crippen LogP contribution in [0.2, 0.25) is 0 Å². The molecule has 1 rings (SSSR count). The molecule has 0 spiro atoms. The second-order valence-electron chi connectivity index (χ2n) is 4.71. The van der Waals surface area contributed by atoms with Gasteiger partial charge in [-0.05, 0) is 29.9 Å². The molecular formula is C13H19F2N. The Morgan fingerprint density at radius 2 is 1.81 bits per heavy atom. The average Bonchev–Trinajstić information content (AvgIpc) is 2.20. The van der Waals surface area contributed by atoms with Gasteiger partial charge in [-0.3, -0.25) is 0 Å². The van der Waals surface area contributed by atoms with Gasteiger partial charge in [-0.15, -0.1) is 0 Å². The Morgan fingerprint density at radius 1 is 1.19 bits per heavy atom. The molecule has 2 unspecified atom stereocenters. The Labute approximate surface area is 95.7 Å². The minimum atomic E-state index is -0.549. The number of hydrogen-bond donors (Lipinski definition) is 1. The second kappa shape index (κ2) is 5.39. The molecule has 0 aliphatic heterocycles. The molecule has 0 saturated heterocycles.